The van der Waals surface area contributed by atoms with Crippen LogP contribution in [-0.2, 0) is 13.6 Å². The lowest BCUT2D eigenvalue weighted by Crippen LogP contribution is -2.24. The van der Waals surface area contributed by atoms with Crippen LogP contribution in [-0.4, -0.2) is 50.1 Å². The average Bonchev–Trinajstić information content (AvgIpc) is 2.82. The summed E-state index contributed by atoms with van der Waals surface area (Å²) in [5.41, 5.74) is 2.76. The van der Waals surface area contributed by atoms with Crippen LogP contribution < -0.4 is 5.32 Å². The fourth-order valence-electron chi connectivity index (χ4n) is 2.81. The predicted molar refractivity (Wildman–Crippen MR) is 137 cm³/mol. The van der Waals surface area contributed by atoms with Gasteiger partial charge in [-0.05, 0) is 56.2 Å². The first-order valence-corrected chi connectivity index (χ1v) is 12.7. The van der Waals surface area contributed by atoms with Crippen molar-refractivity contribution >= 4 is 19.4 Å². The number of rotatable bonds is 16. The second-order valence-electron chi connectivity index (χ2n) is 7.69. The molecule has 0 heterocycles. The minimum Gasteiger partial charge on any atom is -0.378 e. The van der Waals surface area contributed by atoms with Crippen molar-refractivity contribution in [2.24, 2.45) is 10.2 Å². The van der Waals surface area contributed by atoms with Gasteiger partial charge in [0.25, 0.3) is 5.91 Å². The topological polar surface area (TPSA) is 113 Å². The van der Waals surface area contributed by atoms with E-state index in [1.165, 1.54) is 0 Å². The first-order valence-electron chi connectivity index (χ1n) is 11.2. The molecule has 0 saturated heterocycles. The Labute approximate surface area is 204 Å². The summed E-state index contributed by atoms with van der Waals surface area (Å²) >= 11 is 0. The van der Waals surface area contributed by atoms with Crippen LogP contribution >= 0.6 is 7.82 Å². The standard InChI is InChI=1S/C24H37N4O5P.H2/c1-6-23(28(3)4)17-12-20(2)26-27-22-15-13-21(14-16-22)24(29)25-18-10-8-7-9-11-19-33-34(30,31)32-5;/h6,12-17H,2,7-11,18-19H2,1,3-5H3,(H,25,29)(H,30,31);1H/b17-12-,23-6+,27-26?;. The van der Waals surface area contributed by atoms with Crippen LogP contribution in [0.2, 0.25) is 0 Å². The fourth-order valence-corrected chi connectivity index (χ4v) is 3.28. The number of amides is 1. The van der Waals surface area contributed by atoms with Crippen molar-refractivity contribution in [3.8, 4) is 0 Å². The van der Waals surface area contributed by atoms with Crippen molar-refractivity contribution in [1.29, 1.82) is 0 Å². The first kappa shape index (κ1) is 29.5. The van der Waals surface area contributed by atoms with E-state index in [4.69, 9.17) is 9.42 Å². The molecule has 0 spiro atoms. The Bertz CT molecular complexity index is 917. The average molecular weight is 495 g/mol. The summed E-state index contributed by atoms with van der Waals surface area (Å²) in [6, 6.07) is 6.91. The van der Waals surface area contributed by atoms with Crippen LogP contribution in [0.5, 0.6) is 0 Å². The van der Waals surface area contributed by atoms with Crippen molar-refractivity contribution in [1.82, 2.24) is 10.2 Å². The van der Waals surface area contributed by atoms with E-state index in [2.05, 4.69) is 26.6 Å². The normalized spacial score (nSPS) is 13.9. The molecule has 0 radical (unpaired) electrons. The zero-order valence-corrected chi connectivity index (χ0v) is 21.5. The van der Waals surface area contributed by atoms with E-state index in [9.17, 15) is 9.36 Å². The number of hydrogen-bond donors (Lipinski definition) is 2. The van der Waals surface area contributed by atoms with E-state index < -0.39 is 7.82 Å². The number of carbonyl (C=O) groups excluding carboxylic acids is 1. The van der Waals surface area contributed by atoms with Crippen LogP contribution in [0.25, 0.3) is 0 Å². The van der Waals surface area contributed by atoms with Gasteiger partial charge in [-0.15, -0.1) is 0 Å². The van der Waals surface area contributed by atoms with Crippen molar-refractivity contribution in [3.63, 3.8) is 0 Å². The summed E-state index contributed by atoms with van der Waals surface area (Å²) in [5.74, 6) is -0.134. The number of azo groups is 1. The quantitative estimate of drug-likeness (QED) is 0.126. The van der Waals surface area contributed by atoms with Crippen LogP contribution in [0.3, 0.4) is 0 Å². The van der Waals surface area contributed by atoms with Gasteiger partial charge in [-0.1, -0.05) is 31.9 Å². The van der Waals surface area contributed by atoms with Crippen molar-refractivity contribution in [3.05, 3.63) is 66.0 Å². The highest BCUT2D eigenvalue weighted by Crippen LogP contribution is 2.41. The Morgan fingerprint density at radius 3 is 2.44 bits per heavy atom. The smallest absolute Gasteiger partial charge is 0.378 e. The molecule has 1 aromatic carbocycles. The van der Waals surface area contributed by atoms with Gasteiger partial charge in [-0.3, -0.25) is 13.8 Å². The minimum atomic E-state index is -3.87. The lowest BCUT2D eigenvalue weighted by Gasteiger charge is -2.12. The maximum absolute atomic E-state index is 12.3. The maximum Gasteiger partial charge on any atom is 0.471 e. The van der Waals surface area contributed by atoms with Crippen molar-refractivity contribution in [2.75, 3.05) is 34.4 Å². The summed E-state index contributed by atoms with van der Waals surface area (Å²) in [6.45, 7) is 6.61. The summed E-state index contributed by atoms with van der Waals surface area (Å²) in [5, 5.41) is 11.2. The lowest BCUT2D eigenvalue weighted by molar-refractivity contribution is 0.0953. The molecule has 1 amide bonds. The third kappa shape index (κ3) is 12.6. The first-order chi connectivity index (χ1) is 16.2. The van der Waals surface area contributed by atoms with E-state index in [1.54, 1.807) is 30.3 Å². The molecule has 0 bridgehead atoms. The molecule has 2 N–H and O–H groups in total. The molecule has 0 aliphatic heterocycles. The molecule has 0 aromatic heterocycles. The van der Waals surface area contributed by atoms with Gasteiger partial charge < -0.3 is 15.1 Å². The molecule has 0 fully saturated rings. The molecule has 34 heavy (non-hydrogen) atoms. The molecule has 190 valence electrons. The predicted octanol–water partition coefficient (Wildman–Crippen LogP) is 6.00. The van der Waals surface area contributed by atoms with Gasteiger partial charge in [-0.2, -0.15) is 10.2 Å². The Balaban J connectivity index is 0.0000116. The lowest BCUT2D eigenvalue weighted by atomic mass is 10.1. The van der Waals surface area contributed by atoms with Gasteiger partial charge in [0.1, 0.15) is 0 Å². The van der Waals surface area contributed by atoms with E-state index in [0.717, 1.165) is 38.5 Å². The van der Waals surface area contributed by atoms with Gasteiger partial charge in [0.15, 0.2) is 0 Å². The van der Waals surface area contributed by atoms with Gasteiger partial charge in [0.05, 0.1) is 18.0 Å². The molecule has 1 aromatic rings. The van der Waals surface area contributed by atoms with Gasteiger partial charge in [-0.25, -0.2) is 4.57 Å². The van der Waals surface area contributed by atoms with E-state index >= 15 is 0 Å². The third-order valence-corrected chi connectivity index (χ3v) is 5.74. The van der Waals surface area contributed by atoms with Crippen molar-refractivity contribution < 1.29 is 24.7 Å². The largest absolute Gasteiger partial charge is 0.471 e. The van der Waals surface area contributed by atoms with Gasteiger partial charge in [0.2, 0.25) is 0 Å². The van der Waals surface area contributed by atoms with Gasteiger partial charge >= 0.3 is 7.82 Å². The fraction of sp³-hybridized carbons (Fsp3) is 0.458. The Hall–Kier alpha value is -2.58. The number of carbonyl (C=O) groups is 1. The monoisotopic (exact) mass is 494 g/mol. The molecule has 0 saturated carbocycles. The highest BCUT2D eigenvalue weighted by molar-refractivity contribution is 7.47. The molecule has 0 aliphatic carbocycles. The highest BCUT2D eigenvalue weighted by Gasteiger charge is 2.17. The SMILES string of the molecule is C=C(/C=C\C(=C/C)N(C)C)N=Nc1ccc(C(=O)NCCCCCCCOP(=O)(O)OC)cc1.[HH]. The van der Waals surface area contributed by atoms with Crippen LogP contribution in [0, 0.1) is 0 Å². The number of nitrogens with zero attached hydrogens (tertiary/aromatic N) is 3. The maximum atomic E-state index is 12.3. The second-order valence-corrected chi connectivity index (χ2v) is 9.25. The Morgan fingerprint density at radius 1 is 1.18 bits per heavy atom. The molecule has 1 atom stereocenters. The number of unbranched alkanes of at least 4 members (excludes halogenated alkanes) is 4. The number of phosphoric acid groups is 1. The van der Waals surface area contributed by atoms with Crippen LogP contribution in [0.4, 0.5) is 5.69 Å². The molecule has 0 aliphatic rings. The molecule has 10 heteroatoms. The molecule has 1 rings (SSSR count). The Morgan fingerprint density at radius 2 is 1.82 bits per heavy atom. The summed E-state index contributed by atoms with van der Waals surface area (Å²) < 4.78 is 20.2. The summed E-state index contributed by atoms with van der Waals surface area (Å²) in [7, 11) is 1.19. The zero-order valence-electron chi connectivity index (χ0n) is 20.6. The van der Waals surface area contributed by atoms with E-state index in [1.807, 2.05) is 38.1 Å². The van der Waals surface area contributed by atoms with E-state index in [-0.39, 0.29) is 13.9 Å². The molecular formula is C24H39N4O5P. The zero-order chi connectivity index (χ0) is 25.4. The number of hydrogen-bond acceptors (Lipinski definition) is 7. The third-order valence-electron chi connectivity index (χ3n) is 4.77. The molecule has 9 nitrogen and oxygen atoms in total. The van der Waals surface area contributed by atoms with Crippen LogP contribution in [0.1, 0.15) is 50.8 Å². The molecule has 1 unspecified atom stereocenters. The number of phosphoric ester groups is 1. The number of allylic oxidation sites excluding steroid dienone is 3. The summed E-state index contributed by atoms with van der Waals surface area (Å²) in [4.78, 5) is 23.4. The minimum absolute atomic E-state index is 0. The molecular weight excluding hydrogens is 455 g/mol. The van der Waals surface area contributed by atoms with Gasteiger partial charge in [0, 0.05) is 40.4 Å². The van der Waals surface area contributed by atoms with Crippen molar-refractivity contribution in [2.45, 2.75) is 39.0 Å². The van der Waals surface area contributed by atoms with Crippen LogP contribution in [0.15, 0.2) is 70.7 Å². The number of likely N-dealkylation sites (N-methyl/N-ethyl adjacent to an activating group) is 1. The highest BCUT2D eigenvalue weighted by atomic mass is 31.2. The summed E-state index contributed by atoms with van der Waals surface area (Å²) in [6.07, 6.45) is 10.0. The Kier molecular flexibility index (Phi) is 14.0. The number of nitrogens with one attached hydrogen (secondary N) is 1. The number of benzene rings is 1. The second kappa shape index (κ2) is 16.1. The van der Waals surface area contributed by atoms with E-state index in [0.29, 0.717) is 29.9 Å².